The zero-order chi connectivity index (χ0) is 7.85. The fourth-order valence-electron chi connectivity index (χ4n) is 4.29. The molecule has 0 N–H and O–H groups in total. The summed E-state index contributed by atoms with van der Waals surface area (Å²) in [7, 11) is 0. The van der Waals surface area contributed by atoms with Gasteiger partial charge in [0.1, 0.15) is 0 Å². The topological polar surface area (TPSA) is 0 Å². The van der Waals surface area contributed by atoms with Gasteiger partial charge < -0.3 is 0 Å². The lowest BCUT2D eigenvalue weighted by Gasteiger charge is -2.31. The van der Waals surface area contributed by atoms with Crippen LogP contribution in [0.5, 0.6) is 0 Å². The molecule has 0 aromatic heterocycles. The summed E-state index contributed by atoms with van der Waals surface area (Å²) in [6.07, 6.45) is 3.09. The van der Waals surface area contributed by atoms with Crippen LogP contribution in [-0.2, 0) is 0 Å². The molecule has 3 atom stereocenters. The van der Waals surface area contributed by atoms with Crippen LogP contribution in [0.4, 0.5) is 0 Å². The third kappa shape index (κ3) is 0.460. The van der Waals surface area contributed by atoms with Gasteiger partial charge in [-0.1, -0.05) is 29.8 Å². The summed E-state index contributed by atoms with van der Waals surface area (Å²) in [5, 5.41) is 1.23. The summed E-state index contributed by atoms with van der Waals surface area (Å²) < 4.78 is 0. The van der Waals surface area contributed by atoms with Crippen LogP contribution in [0.2, 0.25) is 0 Å². The molecule has 0 spiro atoms. The highest BCUT2D eigenvalue weighted by Gasteiger charge is 2.80. The van der Waals surface area contributed by atoms with Crippen molar-refractivity contribution < 1.29 is 0 Å². The van der Waals surface area contributed by atoms with Crippen LogP contribution in [0.25, 0.3) is 0 Å². The van der Waals surface area contributed by atoms with E-state index in [1.165, 1.54) is 5.33 Å². The largest absolute Gasteiger partial charge is 0.0922 e. The predicted octanol–water partition coefficient (Wildman–Crippen LogP) is 3.06. The molecule has 0 aromatic rings. The zero-order valence-corrected chi connectivity index (χ0v) is 8.82. The fraction of sp³-hybridized carbons (Fsp3) is 1.00. The highest BCUT2D eigenvalue weighted by molar-refractivity contribution is 9.09. The van der Waals surface area contributed by atoms with Crippen molar-refractivity contribution in [2.75, 3.05) is 5.33 Å². The normalized spacial score (nSPS) is 70.6. The van der Waals surface area contributed by atoms with Crippen LogP contribution < -0.4 is 0 Å². The van der Waals surface area contributed by atoms with Gasteiger partial charge in [-0.25, -0.2) is 0 Å². The van der Waals surface area contributed by atoms with Gasteiger partial charge in [-0.15, -0.1) is 0 Å². The Hall–Kier alpha value is 0.480. The molecular formula is C10H15Br. The van der Waals surface area contributed by atoms with Crippen molar-refractivity contribution >= 4 is 15.9 Å². The van der Waals surface area contributed by atoms with Crippen molar-refractivity contribution in [3.05, 3.63) is 0 Å². The molecule has 0 heterocycles. The lowest BCUT2D eigenvalue weighted by Crippen LogP contribution is -2.28. The van der Waals surface area contributed by atoms with E-state index in [1.54, 1.807) is 12.8 Å². The zero-order valence-electron chi connectivity index (χ0n) is 7.23. The van der Waals surface area contributed by atoms with Gasteiger partial charge in [0.05, 0.1) is 0 Å². The van der Waals surface area contributed by atoms with Crippen molar-refractivity contribution in [2.24, 2.45) is 28.6 Å². The van der Waals surface area contributed by atoms with Crippen LogP contribution in [0.3, 0.4) is 0 Å². The Morgan fingerprint density at radius 2 is 1.82 bits per heavy atom. The quantitative estimate of drug-likeness (QED) is 0.589. The van der Waals surface area contributed by atoms with Crippen molar-refractivity contribution in [1.82, 2.24) is 0 Å². The fourth-order valence-corrected chi connectivity index (χ4v) is 5.35. The van der Waals surface area contributed by atoms with E-state index in [1.807, 2.05) is 0 Å². The molecule has 4 bridgehead atoms. The summed E-state index contributed by atoms with van der Waals surface area (Å²) in [5.74, 6) is 3.30. The Balaban J connectivity index is 2.10. The predicted molar refractivity (Wildman–Crippen MR) is 49.7 cm³/mol. The second-order valence-electron chi connectivity index (χ2n) is 5.22. The van der Waals surface area contributed by atoms with Crippen LogP contribution in [0.1, 0.15) is 26.7 Å². The van der Waals surface area contributed by atoms with Gasteiger partial charge in [-0.05, 0) is 41.4 Å². The van der Waals surface area contributed by atoms with Crippen LogP contribution in [0.15, 0.2) is 0 Å². The summed E-state index contributed by atoms with van der Waals surface area (Å²) in [6.45, 7) is 5.02. The highest BCUT2D eigenvalue weighted by atomic mass is 79.9. The first-order valence-corrected chi connectivity index (χ1v) is 5.82. The Kier molecular flexibility index (Phi) is 0.991. The molecular weight excluding hydrogens is 200 g/mol. The first kappa shape index (κ1) is 6.94. The van der Waals surface area contributed by atoms with E-state index in [-0.39, 0.29) is 0 Å². The maximum atomic E-state index is 3.70. The van der Waals surface area contributed by atoms with Crippen molar-refractivity contribution in [3.63, 3.8) is 0 Å². The smallest absolute Gasteiger partial charge is 0.00934 e. The number of hydrogen-bond acceptors (Lipinski definition) is 0. The molecule has 3 unspecified atom stereocenters. The van der Waals surface area contributed by atoms with Crippen molar-refractivity contribution in [2.45, 2.75) is 26.7 Å². The molecule has 0 radical (unpaired) electrons. The Morgan fingerprint density at radius 3 is 2.00 bits per heavy atom. The molecule has 0 nitrogen and oxygen atoms in total. The van der Waals surface area contributed by atoms with Gasteiger partial charge in [0.15, 0.2) is 0 Å². The van der Waals surface area contributed by atoms with Crippen LogP contribution in [-0.4, -0.2) is 5.33 Å². The second kappa shape index (κ2) is 1.57. The molecule has 0 aromatic carbocycles. The van der Waals surface area contributed by atoms with E-state index < -0.39 is 0 Å². The Bertz CT molecular complexity index is 211. The van der Waals surface area contributed by atoms with Crippen LogP contribution in [0, 0.1) is 28.6 Å². The van der Waals surface area contributed by atoms with E-state index in [4.69, 9.17) is 0 Å². The van der Waals surface area contributed by atoms with E-state index >= 15 is 0 Å². The van der Waals surface area contributed by atoms with E-state index in [0.717, 1.165) is 23.2 Å². The molecule has 4 aliphatic carbocycles. The molecule has 4 fully saturated rings. The van der Waals surface area contributed by atoms with E-state index in [9.17, 15) is 0 Å². The summed E-state index contributed by atoms with van der Waals surface area (Å²) in [4.78, 5) is 0. The van der Waals surface area contributed by atoms with Gasteiger partial charge in [-0.2, -0.15) is 0 Å². The van der Waals surface area contributed by atoms with E-state index in [0.29, 0.717) is 5.41 Å². The summed E-state index contributed by atoms with van der Waals surface area (Å²) in [6, 6.07) is 0. The third-order valence-electron chi connectivity index (χ3n) is 5.40. The first-order chi connectivity index (χ1) is 5.14. The number of hydrogen-bond donors (Lipinski definition) is 0. The third-order valence-corrected chi connectivity index (χ3v) is 6.57. The highest BCUT2D eigenvalue weighted by Crippen LogP contribution is 2.86. The molecule has 4 aliphatic rings. The van der Waals surface area contributed by atoms with Gasteiger partial charge in [0.2, 0.25) is 0 Å². The molecule has 0 aliphatic heterocycles. The lowest BCUT2D eigenvalue weighted by molar-refractivity contribution is 0.209. The second-order valence-corrected chi connectivity index (χ2v) is 5.78. The van der Waals surface area contributed by atoms with Crippen molar-refractivity contribution in [1.29, 1.82) is 0 Å². The number of rotatable bonds is 1. The Morgan fingerprint density at radius 1 is 1.27 bits per heavy atom. The van der Waals surface area contributed by atoms with Gasteiger partial charge in [-0.3, -0.25) is 0 Å². The minimum Gasteiger partial charge on any atom is -0.0922 e. The SMILES string of the molecule is CC1(CBr)C2CC3C(C2)C31C. The molecule has 1 heteroatoms. The van der Waals surface area contributed by atoms with Gasteiger partial charge in [0.25, 0.3) is 0 Å². The Labute approximate surface area is 76.9 Å². The minimum absolute atomic E-state index is 0.655. The molecule has 0 saturated heterocycles. The standard InChI is InChI=1S/C10H15Br/c1-9(5-11)6-3-7-8(4-6)10(7,9)2/h6-8H,3-5H2,1-2H3. The monoisotopic (exact) mass is 214 g/mol. The van der Waals surface area contributed by atoms with Gasteiger partial charge >= 0.3 is 0 Å². The molecule has 4 rings (SSSR count). The summed E-state index contributed by atoms with van der Waals surface area (Å²) >= 11 is 3.70. The first-order valence-electron chi connectivity index (χ1n) is 4.70. The molecule has 62 valence electrons. The number of alkyl halides is 1. The lowest BCUT2D eigenvalue weighted by atomic mass is 9.76. The average Bonchev–Trinajstić information content (AvgIpc) is 2.42. The van der Waals surface area contributed by atoms with Crippen molar-refractivity contribution in [3.8, 4) is 0 Å². The van der Waals surface area contributed by atoms with E-state index in [2.05, 4.69) is 29.8 Å². The summed E-state index contributed by atoms with van der Waals surface area (Å²) in [5.41, 5.74) is 1.41. The molecule has 11 heavy (non-hydrogen) atoms. The maximum absolute atomic E-state index is 3.70. The average molecular weight is 215 g/mol. The number of halogens is 1. The minimum atomic E-state index is 0.655. The van der Waals surface area contributed by atoms with Gasteiger partial charge in [0, 0.05) is 5.33 Å². The molecule has 4 saturated carbocycles. The molecule has 0 amide bonds. The maximum Gasteiger partial charge on any atom is 0.00934 e. The van der Waals surface area contributed by atoms with Crippen LogP contribution >= 0.6 is 15.9 Å².